The van der Waals surface area contributed by atoms with Gasteiger partial charge in [0.05, 0.1) is 0 Å². The summed E-state index contributed by atoms with van der Waals surface area (Å²) >= 11 is 0. The highest BCUT2D eigenvalue weighted by Crippen LogP contribution is 2.02. The van der Waals surface area contributed by atoms with E-state index in [1.165, 1.54) is 5.56 Å². The lowest BCUT2D eigenvalue weighted by Crippen LogP contribution is -2.12. The summed E-state index contributed by atoms with van der Waals surface area (Å²) in [6, 6.07) is 10.3. The molecule has 7 N–H and O–H groups in total. The Morgan fingerprint density at radius 3 is 1.63 bits per heavy atom. The van der Waals surface area contributed by atoms with Crippen molar-refractivity contribution in [1.29, 1.82) is 0 Å². The van der Waals surface area contributed by atoms with E-state index in [9.17, 15) is 19.2 Å². The second-order valence-electron chi connectivity index (χ2n) is 5.36. The maximum atomic E-state index is 11.0. The third kappa shape index (κ3) is 17.8. The van der Waals surface area contributed by atoms with Gasteiger partial charge in [-0.2, -0.15) is 0 Å². The van der Waals surface area contributed by atoms with Gasteiger partial charge in [0.1, 0.15) is 0 Å². The van der Waals surface area contributed by atoms with Crippen molar-refractivity contribution in [2.45, 2.75) is 44.9 Å². The third-order valence-electron chi connectivity index (χ3n) is 3.05. The van der Waals surface area contributed by atoms with E-state index in [0.717, 1.165) is 13.0 Å². The lowest BCUT2D eigenvalue weighted by molar-refractivity contribution is -0.159. The molecular formula is C18H28N2O7. The molecule has 0 radical (unpaired) electrons. The lowest BCUT2D eigenvalue weighted by atomic mass is 10.2. The average molecular weight is 384 g/mol. The summed E-state index contributed by atoms with van der Waals surface area (Å²) in [4.78, 5) is 42.2. The molecule has 0 saturated heterocycles. The number of benzene rings is 1. The van der Waals surface area contributed by atoms with Crippen LogP contribution < -0.4 is 11.9 Å². The minimum atomic E-state index is -1.02. The lowest BCUT2D eigenvalue weighted by Gasteiger charge is -2.01. The largest absolute Gasteiger partial charge is 0.481 e. The summed E-state index contributed by atoms with van der Waals surface area (Å²) in [5.41, 5.74) is 6.68. The van der Waals surface area contributed by atoms with Gasteiger partial charge in [-0.1, -0.05) is 30.3 Å². The molecule has 0 heterocycles. The second-order valence-corrected chi connectivity index (χ2v) is 5.36. The van der Waals surface area contributed by atoms with Crippen molar-refractivity contribution in [2.75, 3.05) is 6.54 Å². The fourth-order valence-corrected chi connectivity index (χ4v) is 1.81. The Morgan fingerprint density at radius 2 is 1.26 bits per heavy atom. The van der Waals surface area contributed by atoms with Crippen molar-refractivity contribution in [3.05, 3.63) is 35.9 Å². The van der Waals surface area contributed by atoms with Crippen molar-refractivity contribution >= 4 is 23.9 Å². The Kier molecular flexibility index (Phi) is 16.3. The molecule has 0 bridgehead atoms. The minimum Gasteiger partial charge on any atom is -0.481 e. The zero-order valence-corrected chi connectivity index (χ0v) is 15.3. The molecule has 9 heteroatoms. The molecule has 0 fully saturated rings. The number of carbonyl (C=O) groups is 4. The number of aliphatic carboxylic acids is 2. The monoisotopic (exact) mass is 384 g/mol. The highest BCUT2D eigenvalue weighted by molar-refractivity contribution is 5.85. The van der Waals surface area contributed by atoms with E-state index in [1.54, 1.807) is 0 Å². The van der Waals surface area contributed by atoms with Crippen LogP contribution in [0.25, 0.3) is 0 Å². The SMILES string of the molecule is N.NCCc1ccccc1.O=C(O)CCCC(=O)OC(=O)CCCC(=O)O. The number of rotatable bonds is 10. The molecule has 9 nitrogen and oxygen atoms in total. The first-order valence-electron chi connectivity index (χ1n) is 8.26. The Labute approximate surface area is 158 Å². The Morgan fingerprint density at radius 1 is 0.815 bits per heavy atom. The van der Waals surface area contributed by atoms with Crippen LogP contribution in [-0.4, -0.2) is 40.6 Å². The number of carboxylic acid groups (broad SMARTS) is 2. The van der Waals surface area contributed by atoms with E-state index < -0.39 is 23.9 Å². The van der Waals surface area contributed by atoms with Crippen LogP contribution >= 0.6 is 0 Å². The van der Waals surface area contributed by atoms with E-state index >= 15 is 0 Å². The molecule has 0 aliphatic heterocycles. The van der Waals surface area contributed by atoms with Crippen LogP contribution in [0, 0.1) is 0 Å². The molecule has 0 aliphatic rings. The molecule has 1 aromatic carbocycles. The minimum absolute atomic E-state index is 0. The summed E-state index contributed by atoms with van der Waals surface area (Å²) < 4.78 is 4.35. The van der Waals surface area contributed by atoms with Crippen LogP contribution in [0.1, 0.15) is 44.1 Å². The van der Waals surface area contributed by atoms with Gasteiger partial charge >= 0.3 is 23.9 Å². The number of nitrogens with two attached hydrogens (primary N) is 1. The van der Waals surface area contributed by atoms with Gasteiger partial charge < -0.3 is 26.8 Å². The van der Waals surface area contributed by atoms with E-state index in [0.29, 0.717) is 0 Å². The second kappa shape index (κ2) is 16.7. The summed E-state index contributed by atoms with van der Waals surface area (Å²) in [6.07, 6.45) is 0.590. The standard InChI is InChI=1S/C10H14O7.C8H11N.H3N/c11-7(12)3-1-5-9(15)17-10(16)6-2-4-8(13)14;9-7-6-8-4-2-1-3-5-8;/h1-6H2,(H,11,12)(H,13,14);1-5H,6-7,9H2;1H3. The van der Waals surface area contributed by atoms with Crippen molar-refractivity contribution < 1.29 is 34.1 Å². The van der Waals surface area contributed by atoms with Gasteiger partial charge in [0, 0.05) is 25.7 Å². The maximum Gasteiger partial charge on any atom is 0.313 e. The number of esters is 2. The Hall–Kier alpha value is -2.78. The molecule has 152 valence electrons. The molecule has 0 aliphatic carbocycles. The molecule has 0 unspecified atom stereocenters. The fourth-order valence-electron chi connectivity index (χ4n) is 1.81. The molecule has 1 rings (SSSR count). The first kappa shape index (κ1) is 26.4. The van der Waals surface area contributed by atoms with E-state index in [-0.39, 0.29) is 44.7 Å². The van der Waals surface area contributed by atoms with Crippen molar-refractivity contribution in [1.82, 2.24) is 6.15 Å². The van der Waals surface area contributed by atoms with Gasteiger partial charge in [-0.25, -0.2) is 0 Å². The molecule has 0 amide bonds. The summed E-state index contributed by atoms with van der Waals surface area (Å²) in [5, 5.41) is 16.6. The van der Waals surface area contributed by atoms with Gasteiger partial charge in [-0.3, -0.25) is 19.2 Å². The summed E-state index contributed by atoms with van der Waals surface area (Å²) in [6.45, 7) is 0.740. The summed E-state index contributed by atoms with van der Waals surface area (Å²) in [5.74, 6) is -3.62. The molecule has 1 aromatic rings. The third-order valence-corrected chi connectivity index (χ3v) is 3.05. The number of ether oxygens (including phenoxy) is 1. The smallest absolute Gasteiger partial charge is 0.313 e. The number of hydrogen-bond donors (Lipinski definition) is 4. The van der Waals surface area contributed by atoms with Crippen LogP contribution in [0.2, 0.25) is 0 Å². The number of hydrogen-bond acceptors (Lipinski definition) is 7. The van der Waals surface area contributed by atoms with Crippen molar-refractivity contribution in [3.8, 4) is 0 Å². The van der Waals surface area contributed by atoms with Crippen LogP contribution in [0.5, 0.6) is 0 Å². The summed E-state index contributed by atoms with van der Waals surface area (Å²) in [7, 11) is 0. The highest BCUT2D eigenvalue weighted by atomic mass is 16.6. The first-order chi connectivity index (χ1) is 12.3. The van der Waals surface area contributed by atoms with Crippen LogP contribution in [-0.2, 0) is 30.3 Å². The van der Waals surface area contributed by atoms with Crippen molar-refractivity contribution in [2.24, 2.45) is 5.73 Å². The normalized spacial score (nSPS) is 9.22. The Bertz CT molecular complexity index is 546. The van der Waals surface area contributed by atoms with Crippen LogP contribution in [0.3, 0.4) is 0 Å². The van der Waals surface area contributed by atoms with Crippen molar-refractivity contribution in [3.63, 3.8) is 0 Å². The zero-order chi connectivity index (χ0) is 19.8. The molecule has 0 spiro atoms. The fraction of sp³-hybridized carbons (Fsp3) is 0.444. The van der Waals surface area contributed by atoms with E-state index in [1.807, 2.05) is 18.2 Å². The predicted octanol–water partition coefficient (Wildman–Crippen LogP) is 1.92. The highest BCUT2D eigenvalue weighted by Gasteiger charge is 2.11. The quantitative estimate of drug-likeness (QED) is 0.346. The van der Waals surface area contributed by atoms with E-state index in [2.05, 4.69) is 16.9 Å². The topological polar surface area (TPSA) is 179 Å². The first-order valence-corrected chi connectivity index (χ1v) is 8.26. The van der Waals surface area contributed by atoms with Gasteiger partial charge in [-0.15, -0.1) is 0 Å². The Balaban J connectivity index is 0. The van der Waals surface area contributed by atoms with E-state index in [4.69, 9.17) is 15.9 Å². The zero-order valence-electron chi connectivity index (χ0n) is 15.3. The van der Waals surface area contributed by atoms with Gasteiger partial charge in [0.15, 0.2) is 0 Å². The maximum absolute atomic E-state index is 11.0. The predicted molar refractivity (Wildman–Crippen MR) is 98.3 cm³/mol. The van der Waals surface area contributed by atoms with Crippen LogP contribution in [0.15, 0.2) is 30.3 Å². The molecule has 27 heavy (non-hydrogen) atoms. The molecule has 0 aromatic heterocycles. The molecular weight excluding hydrogens is 356 g/mol. The number of carboxylic acids is 2. The van der Waals surface area contributed by atoms with Gasteiger partial charge in [-0.05, 0) is 31.4 Å². The van der Waals surface area contributed by atoms with Gasteiger partial charge in [0.25, 0.3) is 0 Å². The average Bonchev–Trinajstić information content (AvgIpc) is 2.56. The number of carbonyl (C=O) groups excluding carboxylic acids is 2. The van der Waals surface area contributed by atoms with Crippen LogP contribution in [0.4, 0.5) is 0 Å². The molecule has 0 saturated carbocycles. The molecule has 0 atom stereocenters. The van der Waals surface area contributed by atoms with Gasteiger partial charge in [0.2, 0.25) is 0 Å².